The highest BCUT2D eigenvalue weighted by molar-refractivity contribution is 7.99. The molecule has 2 rings (SSSR count). The van der Waals surface area contributed by atoms with Gasteiger partial charge in [0.25, 0.3) is 0 Å². The molecule has 1 heterocycles. The van der Waals surface area contributed by atoms with Gasteiger partial charge in [-0.15, -0.1) is 0 Å². The number of ether oxygens (including phenoxy) is 1. The molecule has 0 aromatic carbocycles. The molecule has 0 aromatic heterocycles. The Morgan fingerprint density at radius 3 is 2.80 bits per heavy atom. The largest absolute Gasteiger partial charge is 0.380 e. The molecule has 0 aromatic rings. The van der Waals surface area contributed by atoms with Crippen molar-refractivity contribution in [1.29, 1.82) is 0 Å². The maximum atomic E-state index is 5.29. The van der Waals surface area contributed by atoms with Gasteiger partial charge >= 0.3 is 0 Å². The molecular formula is C8H14OS. The van der Waals surface area contributed by atoms with Gasteiger partial charge in [-0.25, -0.2) is 0 Å². The third-order valence-corrected chi connectivity index (χ3v) is 3.66. The summed E-state index contributed by atoms with van der Waals surface area (Å²) < 4.78 is 5.29. The van der Waals surface area contributed by atoms with Crippen LogP contribution in [0.2, 0.25) is 0 Å². The van der Waals surface area contributed by atoms with Crippen LogP contribution < -0.4 is 0 Å². The molecule has 0 spiro atoms. The minimum atomic E-state index is 0.834. The first-order valence-corrected chi connectivity index (χ1v) is 5.19. The highest BCUT2D eigenvalue weighted by atomic mass is 32.2. The molecule has 0 bridgehead atoms. The van der Waals surface area contributed by atoms with Crippen molar-refractivity contribution in [2.45, 2.75) is 24.5 Å². The number of thioether (sulfide) groups is 1. The van der Waals surface area contributed by atoms with Gasteiger partial charge in [-0.2, -0.15) is 11.8 Å². The van der Waals surface area contributed by atoms with Crippen molar-refractivity contribution < 1.29 is 4.74 Å². The van der Waals surface area contributed by atoms with Gasteiger partial charge in [0.2, 0.25) is 0 Å². The molecule has 0 amide bonds. The number of rotatable bonds is 3. The quantitative estimate of drug-likeness (QED) is 0.620. The van der Waals surface area contributed by atoms with Crippen LogP contribution in [-0.4, -0.2) is 24.2 Å². The van der Waals surface area contributed by atoms with Crippen molar-refractivity contribution in [3.05, 3.63) is 0 Å². The molecule has 0 N–H and O–H groups in total. The maximum Gasteiger partial charge on any atom is 0.0585 e. The Hall–Kier alpha value is 0.310. The summed E-state index contributed by atoms with van der Waals surface area (Å²) in [5.41, 5.74) is 0. The summed E-state index contributed by atoms with van der Waals surface area (Å²) in [6, 6.07) is 0. The van der Waals surface area contributed by atoms with Crippen LogP contribution in [-0.2, 0) is 4.74 Å². The van der Waals surface area contributed by atoms with Crippen LogP contribution >= 0.6 is 11.8 Å². The zero-order valence-corrected chi connectivity index (χ0v) is 7.03. The van der Waals surface area contributed by atoms with Crippen LogP contribution in [0.4, 0.5) is 0 Å². The Bertz CT molecular complexity index is 106. The van der Waals surface area contributed by atoms with Crippen LogP contribution in [0.25, 0.3) is 0 Å². The van der Waals surface area contributed by atoms with Gasteiger partial charge in [0.1, 0.15) is 0 Å². The van der Waals surface area contributed by atoms with E-state index >= 15 is 0 Å². The van der Waals surface area contributed by atoms with Gasteiger partial charge < -0.3 is 4.74 Å². The second-order valence-electron chi connectivity index (χ2n) is 3.26. The molecule has 1 aliphatic heterocycles. The lowest BCUT2D eigenvalue weighted by Gasteiger charge is -2.04. The predicted molar refractivity (Wildman–Crippen MR) is 44.4 cm³/mol. The first-order chi connectivity index (χ1) is 4.95. The van der Waals surface area contributed by atoms with E-state index in [1.807, 2.05) is 0 Å². The highest BCUT2D eigenvalue weighted by Gasteiger charge is 2.24. The fourth-order valence-corrected chi connectivity index (χ4v) is 2.53. The van der Waals surface area contributed by atoms with E-state index in [2.05, 4.69) is 11.8 Å². The van der Waals surface area contributed by atoms with Crippen molar-refractivity contribution >= 4 is 11.8 Å². The van der Waals surface area contributed by atoms with Crippen LogP contribution in [0.5, 0.6) is 0 Å². The Labute approximate surface area is 66.5 Å². The highest BCUT2D eigenvalue weighted by Crippen LogP contribution is 2.35. The van der Waals surface area contributed by atoms with E-state index in [1.54, 1.807) is 0 Å². The number of hydrogen-bond donors (Lipinski definition) is 0. The Morgan fingerprint density at radius 1 is 1.30 bits per heavy atom. The summed E-state index contributed by atoms with van der Waals surface area (Å²) in [5.74, 6) is 2.47. The minimum Gasteiger partial charge on any atom is -0.380 e. The molecular weight excluding hydrogens is 144 g/mol. The maximum absolute atomic E-state index is 5.29. The summed E-state index contributed by atoms with van der Waals surface area (Å²) in [5, 5.41) is 0.834. The molecule has 1 atom stereocenters. The van der Waals surface area contributed by atoms with Crippen LogP contribution in [0.3, 0.4) is 0 Å². The number of hydrogen-bond acceptors (Lipinski definition) is 2. The molecule has 1 saturated heterocycles. The molecule has 1 unspecified atom stereocenters. The average Bonchev–Trinajstić information content (AvgIpc) is 2.63. The van der Waals surface area contributed by atoms with Gasteiger partial charge in [0.15, 0.2) is 0 Å². The van der Waals surface area contributed by atoms with Crippen molar-refractivity contribution in [2.75, 3.05) is 19.0 Å². The van der Waals surface area contributed by atoms with Gasteiger partial charge in [-0.1, -0.05) is 0 Å². The van der Waals surface area contributed by atoms with Crippen LogP contribution in [0, 0.1) is 5.92 Å². The zero-order valence-electron chi connectivity index (χ0n) is 6.21. The molecule has 1 nitrogen and oxygen atoms in total. The van der Waals surface area contributed by atoms with Gasteiger partial charge in [-0.3, -0.25) is 0 Å². The molecule has 2 fully saturated rings. The first-order valence-electron chi connectivity index (χ1n) is 4.14. The molecule has 1 aliphatic carbocycles. The average molecular weight is 158 g/mol. The summed E-state index contributed by atoms with van der Waals surface area (Å²) in [4.78, 5) is 0. The summed E-state index contributed by atoms with van der Waals surface area (Å²) in [7, 11) is 0. The summed E-state index contributed by atoms with van der Waals surface area (Å²) in [6.07, 6.45) is 4.26. The Kier molecular flexibility index (Phi) is 2.19. The standard InChI is InChI=1S/C8H14OS/c1-2-7(1)6-10-8-3-4-9-5-8/h7-8H,1-6H2. The fraction of sp³-hybridized carbons (Fsp3) is 1.00. The molecule has 1 saturated carbocycles. The van der Waals surface area contributed by atoms with Gasteiger partial charge in [0.05, 0.1) is 6.61 Å². The van der Waals surface area contributed by atoms with E-state index in [-0.39, 0.29) is 0 Å². The van der Waals surface area contributed by atoms with Gasteiger partial charge in [0, 0.05) is 11.9 Å². The smallest absolute Gasteiger partial charge is 0.0585 e. The van der Waals surface area contributed by atoms with E-state index in [1.165, 1.54) is 25.0 Å². The first kappa shape index (κ1) is 6.99. The lowest BCUT2D eigenvalue weighted by Crippen LogP contribution is -2.02. The monoisotopic (exact) mass is 158 g/mol. The third kappa shape index (κ3) is 1.89. The Balaban J connectivity index is 1.59. The van der Waals surface area contributed by atoms with Crippen molar-refractivity contribution in [3.8, 4) is 0 Å². The van der Waals surface area contributed by atoms with Crippen LogP contribution in [0.15, 0.2) is 0 Å². The fourth-order valence-electron chi connectivity index (χ4n) is 1.20. The lowest BCUT2D eigenvalue weighted by molar-refractivity contribution is 0.199. The molecule has 2 heteroatoms. The minimum absolute atomic E-state index is 0.834. The summed E-state index contributed by atoms with van der Waals surface area (Å²) >= 11 is 2.13. The van der Waals surface area contributed by atoms with Crippen molar-refractivity contribution in [3.63, 3.8) is 0 Å². The van der Waals surface area contributed by atoms with E-state index < -0.39 is 0 Å². The van der Waals surface area contributed by atoms with E-state index in [4.69, 9.17) is 4.74 Å². The molecule has 2 aliphatic rings. The summed E-state index contributed by atoms with van der Waals surface area (Å²) in [6.45, 7) is 2.01. The lowest BCUT2D eigenvalue weighted by atomic mass is 10.4. The second-order valence-corrected chi connectivity index (χ2v) is 4.60. The van der Waals surface area contributed by atoms with E-state index in [0.717, 1.165) is 24.4 Å². The van der Waals surface area contributed by atoms with Crippen molar-refractivity contribution in [2.24, 2.45) is 5.92 Å². The predicted octanol–water partition coefficient (Wildman–Crippen LogP) is 1.92. The molecule has 0 radical (unpaired) electrons. The van der Waals surface area contributed by atoms with Gasteiger partial charge in [-0.05, 0) is 30.9 Å². The van der Waals surface area contributed by atoms with E-state index in [9.17, 15) is 0 Å². The molecule has 58 valence electrons. The molecule has 10 heavy (non-hydrogen) atoms. The van der Waals surface area contributed by atoms with Crippen molar-refractivity contribution in [1.82, 2.24) is 0 Å². The second kappa shape index (κ2) is 3.14. The van der Waals surface area contributed by atoms with Crippen LogP contribution in [0.1, 0.15) is 19.3 Å². The SMILES string of the molecule is C1CC(SCC2CC2)CO1. The zero-order chi connectivity index (χ0) is 6.81. The Morgan fingerprint density at radius 2 is 2.20 bits per heavy atom. The van der Waals surface area contributed by atoms with E-state index in [0.29, 0.717) is 0 Å². The normalized spacial score (nSPS) is 33.0. The third-order valence-electron chi connectivity index (χ3n) is 2.15. The topological polar surface area (TPSA) is 9.23 Å².